The maximum atomic E-state index is 9.60. The molecule has 0 radical (unpaired) electrons. The second kappa shape index (κ2) is 8.92. The number of phenols is 1. The molecule has 0 bridgehead atoms. The number of pyridine rings is 1. The lowest BCUT2D eigenvalue weighted by molar-refractivity contribution is 0.475. The molecule has 0 aliphatic heterocycles. The van der Waals surface area contributed by atoms with Crippen molar-refractivity contribution in [1.82, 2.24) is 14.5 Å². The van der Waals surface area contributed by atoms with Gasteiger partial charge in [0.2, 0.25) is 0 Å². The van der Waals surface area contributed by atoms with Gasteiger partial charge in [-0.1, -0.05) is 6.92 Å². The van der Waals surface area contributed by atoms with Gasteiger partial charge in [-0.2, -0.15) is 0 Å². The van der Waals surface area contributed by atoms with Gasteiger partial charge in [-0.25, -0.2) is 9.97 Å². The molecular formula is C23H24N4OS. The van der Waals surface area contributed by atoms with Crippen LogP contribution in [0.25, 0.3) is 21.7 Å². The molecule has 0 amide bonds. The second-order valence-corrected chi connectivity index (χ2v) is 8.04. The van der Waals surface area contributed by atoms with Gasteiger partial charge in [0.1, 0.15) is 11.6 Å². The largest absolute Gasteiger partial charge is 0.508 e. The van der Waals surface area contributed by atoms with Gasteiger partial charge in [0.15, 0.2) is 0 Å². The Morgan fingerprint density at radius 3 is 2.66 bits per heavy atom. The summed E-state index contributed by atoms with van der Waals surface area (Å²) in [5.74, 6) is 1.12. The van der Waals surface area contributed by atoms with Crippen molar-refractivity contribution in [2.75, 3.05) is 11.9 Å². The van der Waals surface area contributed by atoms with Gasteiger partial charge in [-0.3, -0.25) is 0 Å². The van der Waals surface area contributed by atoms with Gasteiger partial charge in [0.05, 0.1) is 12.0 Å². The van der Waals surface area contributed by atoms with E-state index in [1.54, 1.807) is 18.3 Å². The zero-order chi connectivity index (χ0) is 20.1. The topological polar surface area (TPSA) is 63.0 Å². The minimum absolute atomic E-state index is 0.258. The molecule has 4 rings (SSSR count). The summed E-state index contributed by atoms with van der Waals surface area (Å²) in [6.07, 6.45) is 7.64. The molecule has 0 saturated carbocycles. The highest BCUT2D eigenvalue weighted by atomic mass is 32.1. The Morgan fingerprint density at radius 1 is 1.07 bits per heavy atom. The lowest BCUT2D eigenvalue weighted by atomic mass is 10.1. The first-order valence-electron chi connectivity index (χ1n) is 9.81. The van der Waals surface area contributed by atoms with E-state index in [0.717, 1.165) is 48.6 Å². The minimum Gasteiger partial charge on any atom is -0.508 e. The van der Waals surface area contributed by atoms with Gasteiger partial charge in [0, 0.05) is 40.8 Å². The van der Waals surface area contributed by atoms with Crippen molar-refractivity contribution in [2.45, 2.75) is 26.3 Å². The summed E-state index contributed by atoms with van der Waals surface area (Å²) < 4.78 is 2.07. The van der Waals surface area contributed by atoms with Crippen LogP contribution < -0.4 is 5.32 Å². The fraction of sp³-hybridized carbons (Fsp3) is 0.217. The molecule has 0 spiro atoms. The van der Waals surface area contributed by atoms with Crippen molar-refractivity contribution >= 4 is 17.2 Å². The number of aryl methyl sites for hydroxylation is 2. The summed E-state index contributed by atoms with van der Waals surface area (Å²) in [5.41, 5.74) is 3.04. The molecule has 6 heteroatoms. The number of rotatable bonds is 8. The minimum atomic E-state index is 0.258. The number of aromatic nitrogens is 3. The Morgan fingerprint density at radius 2 is 1.93 bits per heavy atom. The van der Waals surface area contributed by atoms with Gasteiger partial charge < -0.3 is 15.0 Å². The van der Waals surface area contributed by atoms with Crippen molar-refractivity contribution < 1.29 is 5.11 Å². The third-order valence-electron chi connectivity index (χ3n) is 4.74. The Hall–Kier alpha value is -3.12. The monoisotopic (exact) mass is 404 g/mol. The Balaban J connectivity index is 1.57. The molecular weight excluding hydrogens is 380 g/mol. The number of nitrogens with one attached hydrogen (secondary N) is 1. The van der Waals surface area contributed by atoms with Crippen molar-refractivity contribution in [3.8, 4) is 27.4 Å². The number of phenolic OH excluding ortho intramolecular Hbond substituents is 1. The molecule has 5 nitrogen and oxygen atoms in total. The standard InChI is InChI=1S/C23H24N4OS/c1-2-20-8-9-22(29-20)18-14-21(17-4-6-19(28)7-5-17)26-23(15-18)25-10-3-12-27-13-11-24-16-27/h4-9,11,13-16,28H,2-3,10,12H2,1H3,(H,25,26). The number of anilines is 1. The van der Waals surface area contributed by atoms with Crippen LogP contribution in [-0.4, -0.2) is 26.2 Å². The van der Waals surface area contributed by atoms with E-state index in [1.165, 1.54) is 9.75 Å². The van der Waals surface area contributed by atoms with E-state index >= 15 is 0 Å². The van der Waals surface area contributed by atoms with Crippen LogP contribution in [0.4, 0.5) is 5.82 Å². The van der Waals surface area contributed by atoms with Crippen LogP contribution in [-0.2, 0) is 13.0 Å². The van der Waals surface area contributed by atoms with Crippen LogP contribution >= 0.6 is 11.3 Å². The van der Waals surface area contributed by atoms with Crippen molar-refractivity contribution in [1.29, 1.82) is 0 Å². The van der Waals surface area contributed by atoms with Crippen LogP contribution in [0.15, 0.2) is 67.3 Å². The van der Waals surface area contributed by atoms with Gasteiger partial charge in [-0.05, 0) is 66.9 Å². The fourth-order valence-corrected chi connectivity index (χ4v) is 4.10. The van der Waals surface area contributed by atoms with Crippen molar-refractivity contribution in [2.24, 2.45) is 0 Å². The highest BCUT2D eigenvalue weighted by molar-refractivity contribution is 7.15. The Kier molecular flexibility index (Phi) is 5.91. The average molecular weight is 405 g/mol. The molecule has 148 valence electrons. The van der Waals surface area contributed by atoms with Gasteiger partial charge in [0.25, 0.3) is 0 Å². The summed E-state index contributed by atoms with van der Waals surface area (Å²) >= 11 is 1.82. The fourth-order valence-electron chi connectivity index (χ4n) is 3.16. The molecule has 0 unspecified atom stereocenters. The van der Waals surface area contributed by atoms with Crippen LogP contribution in [0.2, 0.25) is 0 Å². The number of aromatic hydroxyl groups is 1. The summed E-state index contributed by atoms with van der Waals surface area (Å²) in [7, 11) is 0. The molecule has 4 aromatic rings. The first-order valence-corrected chi connectivity index (χ1v) is 10.6. The molecule has 0 aliphatic carbocycles. The highest BCUT2D eigenvalue weighted by Crippen LogP contribution is 2.33. The maximum Gasteiger partial charge on any atom is 0.127 e. The zero-order valence-electron chi connectivity index (χ0n) is 16.4. The van der Waals surface area contributed by atoms with E-state index in [0.29, 0.717) is 0 Å². The van der Waals surface area contributed by atoms with Crippen molar-refractivity contribution in [3.05, 3.63) is 72.1 Å². The smallest absolute Gasteiger partial charge is 0.127 e. The lowest BCUT2D eigenvalue weighted by Crippen LogP contribution is -2.07. The summed E-state index contributed by atoms with van der Waals surface area (Å²) in [5, 5.41) is 13.1. The Bertz CT molecular complexity index is 1050. The summed E-state index contributed by atoms with van der Waals surface area (Å²) in [4.78, 5) is 11.5. The third kappa shape index (κ3) is 4.84. The van der Waals surface area contributed by atoms with E-state index in [2.05, 4.69) is 46.1 Å². The molecule has 0 atom stereocenters. The van der Waals surface area contributed by atoms with E-state index in [1.807, 2.05) is 36.0 Å². The highest BCUT2D eigenvalue weighted by Gasteiger charge is 2.09. The van der Waals surface area contributed by atoms with Crippen LogP contribution in [0.3, 0.4) is 0 Å². The molecule has 0 saturated heterocycles. The number of nitrogens with zero attached hydrogens (tertiary/aromatic N) is 3. The molecule has 3 heterocycles. The molecule has 0 fully saturated rings. The predicted molar refractivity (Wildman–Crippen MR) is 119 cm³/mol. The quantitative estimate of drug-likeness (QED) is 0.384. The number of imidazole rings is 1. The van der Waals surface area contributed by atoms with Gasteiger partial charge >= 0.3 is 0 Å². The van der Waals surface area contributed by atoms with E-state index in [4.69, 9.17) is 4.98 Å². The number of hydrogen-bond donors (Lipinski definition) is 2. The molecule has 3 aromatic heterocycles. The van der Waals surface area contributed by atoms with Crippen LogP contribution in [0, 0.1) is 0 Å². The first kappa shape index (κ1) is 19.2. The normalized spacial score (nSPS) is 10.9. The van der Waals surface area contributed by atoms with E-state index in [-0.39, 0.29) is 5.75 Å². The molecule has 1 aromatic carbocycles. The van der Waals surface area contributed by atoms with Gasteiger partial charge in [-0.15, -0.1) is 11.3 Å². The summed E-state index contributed by atoms with van der Waals surface area (Å²) in [6.45, 7) is 3.92. The lowest BCUT2D eigenvalue weighted by Gasteiger charge is -2.11. The third-order valence-corrected chi connectivity index (χ3v) is 6.02. The van der Waals surface area contributed by atoms with E-state index < -0.39 is 0 Å². The SMILES string of the molecule is CCc1ccc(-c2cc(NCCCn3ccnc3)nc(-c3ccc(O)cc3)c2)s1. The van der Waals surface area contributed by atoms with E-state index in [9.17, 15) is 5.11 Å². The van der Waals surface area contributed by atoms with Crippen LogP contribution in [0.5, 0.6) is 5.75 Å². The summed E-state index contributed by atoms with van der Waals surface area (Å²) in [6, 6.07) is 15.8. The van der Waals surface area contributed by atoms with Crippen molar-refractivity contribution in [3.63, 3.8) is 0 Å². The molecule has 2 N–H and O–H groups in total. The number of benzene rings is 1. The molecule has 29 heavy (non-hydrogen) atoms. The first-order chi connectivity index (χ1) is 14.2. The van der Waals surface area contributed by atoms with Crippen LogP contribution in [0.1, 0.15) is 18.2 Å². The molecule has 0 aliphatic rings. The number of thiophene rings is 1. The second-order valence-electron chi connectivity index (χ2n) is 6.87. The maximum absolute atomic E-state index is 9.60. The predicted octanol–water partition coefficient (Wildman–Crippen LogP) is 5.44. The number of hydrogen-bond acceptors (Lipinski definition) is 5. The average Bonchev–Trinajstić information content (AvgIpc) is 3.43. The Labute approximate surface area is 174 Å². The zero-order valence-corrected chi connectivity index (χ0v) is 17.2.